The lowest BCUT2D eigenvalue weighted by molar-refractivity contribution is -0.384. The third-order valence-electron chi connectivity index (χ3n) is 2.40. The van der Waals surface area contributed by atoms with Gasteiger partial charge in [0.15, 0.2) is 0 Å². The van der Waals surface area contributed by atoms with Gasteiger partial charge in [-0.2, -0.15) is 0 Å². The summed E-state index contributed by atoms with van der Waals surface area (Å²) in [4.78, 5) is 33.4. The molecule has 8 heteroatoms. The van der Waals surface area contributed by atoms with Crippen LogP contribution in [0.1, 0.15) is 20.7 Å². The Morgan fingerprint density at radius 3 is 2.45 bits per heavy atom. The molecule has 8 nitrogen and oxygen atoms in total. The van der Waals surface area contributed by atoms with Crippen LogP contribution in [-0.4, -0.2) is 44.2 Å². The summed E-state index contributed by atoms with van der Waals surface area (Å²) in [5, 5.41) is 13.3. The second kappa shape index (κ2) is 7.19. The molecule has 0 atom stereocenters. The summed E-state index contributed by atoms with van der Waals surface area (Å²) in [6.45, 7) is 0.566. The van der Waals surface area contributed by atoms with Crippen LogP contribution < -0.4 is 5.32 Å². The zero-order chi connectivity index (χ0) is 15.1. The van der Waals surface area contributed by atoms with Crippen LogP contribution in [0, 0.1) is 10.1 Å². The summed E-state index contributed by atoms with van der Waals surface area (Å²) in [6.07, 6.45) is 0. The molecule has 0 spiro atoms. The lowest BCUT2D eigenvalue weighted by atomic mass is 10.1. The minimum atomic E-state index is -0.750. The molecule has 1 amide bonds. The first-order valence-corrected chi connectivity index (χ1v) is 5.64. The number of methoxy groups -OCH3 is 2. The first-order valence-electron chi connectivity index (χ1n) is 5.64. The predicted octanol–water partition coefficient (Wildman–Crippen LogP) is 0.758. The van der Waals surface area contributed by atoms with Crippen molar-refractivity contribution in [3.05, 3.63) is 39.4 Å². The Bertz CT molecular complexity index is 529. The second-order valence-corrected chi connectivity index (χ2v) is 3.77. The van der Waals surface area contributed by atoms with E-state index in [0.29, 0.717) is 6.61 Å². The van der Waals surface area contributed by atoms with Crippen LogP contribution in [-0.2, 0) is 9.47 Å². The second-order valence-electron chi connectivity index (χ2n) is 3.77. The monoisotopic (exact) mass is 282 g/mol. The number of amides is 1. The fourth-order valence-corrected chi connectivity index (χ4v) is 1.45. The predicted molar refractivity (Wildman–Crippen MR) is 68.6 cm³/mol. The number of non-ortho nitro benzene ring substituents is 1. The first-order chi connectivity index (χ1) is 9.49. The van der Waals surface area contributed by atoms with E-state index in [-0.39, 0.29) is 23.4 Å². The van der Waals surface area contributed by atoms with E-state index in [1.54, 1.807) is 0 Å². The Balaban J connectivity index is 3.05. The molecule has 0 heterocycles. The van der Waals surface area contributed by atoms with Gasteiger partial charge >= 0.3 is 5.97 Å². The number of nitro benzene ring substituents is 1. The van der Waals surface area contributed by atoms with Crippen molar-refractivity contribution in [1.29, 1.82) is 0 Å². The fourth-order valence-electron chi connectivity index (χ4n) is 1.45. The maximum atomic E-state index is 11.8. The Morgan fingerprint density at radius 2 is 1.90 bits per heavy atom. The molecule has 108 valence electrons. The van der Waals surface area contributed by atoms with Crippen molar-refractivity contribution < 1.29 is 24.0 Å². The molecule has 0 fully saturated rings. The molecule has 0 aliphatic carbocycles. The maximum absolute atomic E-state index is 11.8. The molecule has 1 aromatic carbocycles. The molecule has 0 radical (unpaired) electrons. The Morgan fingerprint density at radius 1 is 1.25 bits per heavy atom. The van der Waals surface area contributed by atoms with Gasteiger partial charge in [0.1, 0.15) is 0 Å². The van der Waals surface area contributed by atoms with E-state index < -0.39 is 16.8 Å². The van der Waals surface area contributed by atoms with Crippen LogP contribution in [0.2, 0.25) is 0 Å². The lowest BCUT2D eigenvalue weighted by Gasteiger charge is -2.06. The van der Waals surface area contributed by atoms with Crippen molar-refractivity contribution >= 4 is 17.6 Å². The molecular formula is C12H14N2O6. The van der Waals surface area contributed by atoms with Crippen molar-refractivity contribution in [3.63, 3.8) is 0 Å². The number of rotatable bonds is 6. The van der Waals surface area contributed by atoms with Gasteiger partial charge in [0.05, 0.1) is 24.2 Å². The maximum Gasteiger partial charge on any atom is 0.338 e. The highest BCUT2D eigenvalue weighted by Crippen LogP contribution is 2.18. The van der Waals surface area contributed by atoms with Crippen LogP contribution in [0.15, 0.2) is 18.2 Å². The highest BCUT2D eigenvalue weighted by molar-refractivity contribution is 5.98. The van der Waals surface area contributed by atoms with Crippen LogP contribution >= 0.6 is 0 Å². The molecule has 0 aliphatic rings. The minimum absolute atomic E-state index is 0.00991. The third-order valence-corrected chi connectivity index (χ3v) is 2.40. The van der Waals surface area contributed by atoms with Gasteiger partial charge in [0.25, 0.3) is 11.6 Å². The summed E-state index contributed by atoms with van der Waals surface area (Å²) in [5.41, 5.74) is -0.404. The number of nitrogens with one attached hydrogen (secondary N) is 1. The van der Waals surface area contributed by atoms with Gasteiger partial charge in [0.2, 0.25) is 0 Å². The molecular weight excluding hydrogens is 268 g/mol. The zero-order valence-corrected chi connectivity index (χ0v) is 11.0. The van der Waals surface area contributed by atoms with E-state index in [1.165, 1.54) is 13.2 Å². The highest BCUT2D eigenvalue weighted by Gasteiger charge is 2.18. The summed E-state index contributed by atoms with van der Waals surface area (Å²) >= 11 is 0. The van der Waals surface area contributed by atoms with E-state index in [0.717, 1.165) is 19.2 Å². The summed E-state index contributed by atoms with van der Waals surface area (Å²) in [7, 11) is 2.63. The average molecular weight is 282 g/mol. The number of carbonyl (C=O) groups is 2. The van der Waals surface area contributed by atoms with Gasteiger partial charge in [-0.25, -0.2) is 4.79 Å². The number of benzene rings is 1. The highest BCUT2D eigenvalue weighted by atomic mass is 16.6. The summed E-state index contributed by atoms with van der Waals surface area (Å²) in [5.74, 6) is -1.28. The van der Waals surface area contributed by atoms with Gasteiger partial charge in [0, 0.05) is 31.4 Å². The molecule has 0 saturated heterocycles. The molecule has 0 saturated carbocycles. The van der Waals surface area contributed by atoms with E-state index in [2.05, 4.69) is 10.1 Å². The van der Waals surface area contributed by atoms with Crippen molar-refractivity contribution in [3.8, 4) is 0 Å². The molecule has 0 unspecified atom stereocenters. The van der Waals surface area contributed by atoms with E-state index in [9.17, 15) is 19.7 Å². The minimum Gasteiger partial charge on any atom is -0.465 e. The van der Waals surface area contributed by atoms with E-state index in [4.69, 9.17) is 4.74 Å². The Hall–Kier alpha value is -2.48. The number of ether oxygens (including phenoxy) is 2. The number of carbonyl (C=O) groups excluding carboxylic acids is 2. The standard InChI is InChI=1S/C12H14N2O6/c1-19-4-3-13-11(15)8-5-9(12(16)20-2)7-10(6-8)14(17)18/h5-7H,3-4H2,1-2H3,(H,13,15). The molecule has 0 aliphatic heterocycles. The largest absolute Gasteiger partial charge is 0.465 e. The summed E-state index contributed by atoms with van der Waals surface area (Å²) in [6, 6.07) is 3.38. The smallest absolute Gasteiger partial charge is 0.338 e. The molecule has 1 N–H and O–H groups in total. The molecule has 1 rings (SSSR count). The van der Waals surface area contributed by atoms with Crippen LogP contribution in [0.25, 0.3) is 0 Å². The number of hydrogen-bond donors (Lipinski definition) is 1. The quantitative estimate of drug-likeness (QED) is 0.357. The van der Waals surface area contributed by atoms with Gasteiger partial charge in [-0.05, 0) is 6.07 Å². The van der Waals surface area contributed by atoms with Crippen molar-refractivity contribution in [2.75, 3.05) is 27.4 Å². The normalized spacial score (nSPS) is 9.90. The number of nitrogens with zero attached hydrogens (tertiary/aromatic N) is 1. The topological polar surface area (TPSA) is 108 Å². The van der Waals surface area contributed by atoms with Crippen LogP contribution in [0.5, 0.6) is 0 Å². The molecule has 1 aromatic rings. The van der Waals surface area contributed by atoms with E-state index in [1.807, 2.05) is 0 Å². The van der Waals surface area contributed by atoms with Gasteiger partial charge < -0.3 is 14.8 Å². The molecule has 20 heavy (non-hydrogen) atoms. The lowest BCUT2D eigenvalue weighted by Crippen LogP contribution is -2.27. The average Bonchev–Trinajstić information content (AvgIpc) is 2.45. The fraction of sp³-hybridized carbons (Fsp3) is 0.333. The SMILES string of the molecule is COCCNC(=O)c1cc(C(=O)OC)cc([N+](=O)[O-])c1. The molecule has 0 aromatic heterocycles. The van der Waals surface area contributed by atoms with Gasteiger partial charge in [-0.3, -0.25) is 14.9 Å². The van der Waals surface area contributed by atoms with Crippen LogP contribution in [0.3, 0.4) is 0 Å². The van der Waals surface area contributed by atoms with Gasteiger partial charge in [-0.15, -0.1) is 0 Å². The zero-order valence-electron chi connectivity index (χ0n) is 11.0. The number of esters is 1. The Labute approximate surface area is 114 Å². The number of hydrogen-bond acceptors (Lipinski definition) is 6. The van der Waals surface area contributed by atoms with E-state index >= 15 is 0 Å². The van der Waals surface area contributed by atoms with Crippen molar-refractivity contribution in [2.45, 2.75) is 0 Å². The van der Waals surface area contributed by atoms with Crippen LogP contribution in [0.4, 0.5) is 5.69 Å². The molecule has 0 bridgehead atoms. The van der Waals surface area contributed by atoms with Crippen molar-refractivity contribution in [1.82, 2.24) is 5.32 Å². The number of nitro groups is 1. The van der Waals surface area contributed by atoms with Crippen molar-refractivity contribution in [2.24, 2.45) is 0 Å². The Kier molecular flexibility index (Phi) is 5.60. The third kappa shape index (κ3) is 4.02. The first kappa shape index (κ1) is 15.6. The summed E-state index contributed by atoms with van der Waals surface area (Å²) < 4.78 is 9.26. The van der Waals surface area contributed by atoms with Gasteiger partial charge in [-0.1, -0.05) is 0 Å².